The van der Waals surface area contributed by atoms with Gasteiger partial charge < -0.3 is 5.73 Å². The van der Waals surface area contributed by atoms with Crippen molar-refractivity contribution in [3.8, 4) is 0 Å². The molecule has 0 amide bonds. The third-order valence-electron chi connectivity index (χ3n) is 3.53. The van der Waals surface area contributed by atoms with Gasteiger partial charge in [0.1, 0.15) is 18.6 Å². The number of anilines is 1. The lowest BCUT2D eigenvalue weighted by atomic mass is 10.3. The topological polar surface area (TPSA) is 116 Å². The Morgan fingerprint density at radius 1 is 1.28 bits per heavy atom. The van der Waals surface area contributed by atoms with E-state index in [4.69, 9.17) is 5.73 Å². The summed E-state index contributed by atoms with van der Waals surface area (Å²) in [5, 5.41) is 23.0. The summed E-state index contributed by atoms with van der Waals surface area (Å²) in [7, 11) is 1.94. The van der Waals surface area contributed by atoms with Crippen molar-refractivity contribution in [3.63, 3.8) is 0 Å². The second-order valence-corrected chi connectivity index (χ2v) is 5.42. The van der Waals surface area contributed by atoms with Crippen LogP contribution in [0, 0.1) is 10.1 Å². The Morgan fingerprint density at radius 3 is 2.72 bits per heavy atom. The molecular formula is C16H16N7O2+. The lowest BCUT2D eigenvalue weighted by Crippen LogP contribution is -2.27. The first kappa shape index (κ1) is 16.2. The molecule has 0 saturated heterocycles. The van der Waals surface area contributed by atoms with E-state index < -0.39 is 4.92 Å². The number of rotatable bonds is 5. The van der Waals surface area contributed by atoms with Crippen molar-refractivity contribution >= 4 is 22.9 Å². The molecule has 0 radical (unpaired) electrons. The molecule has 0 fully saturated rings. The van der Waals surface area contributed by atoms with Crippen LogP contribution in [-0.4, -0.2) is 14.7 Å². The minimum Gasteiger partial charge on any atom is -0.382 e. The van der Waals surface area contributed by atoms with Gasteiger partial charge in [-0.2, -0.15) is 10.2 Å². The zero-order valence-electron chi connectivity index (χ0n) is 13.5. The molecule has 25 heavy (non-hydrogen) atoms. The van der Waals surface area contributed by atoms with Gasteiger partial charge >= 0.3 is 0 Å². The lowest BCUT2D eigenvalue weighted by Gasteiger charge is -2.02. The normalized spacial score (nSPS) is 11.1. The van der Waals surface area contributed by atoms with Crippen LogP contribution in [0.15, 0.2) is 65.2 Å². The van der Waals surface area contributed by atoms with Gasteiger partial charge in [0.15, 0.2) is 12.4 Å². The maximum Gasteiger partial charge on any atom is 0.269 e. The quantitative estimate of drug-likeness (QED) is 0.333. The minimum atomic E-state index is -0.466. The van der Waals surface area contributed by atoms with Gasteiger partial charge in [0.2, 0.25) is 0 Å². The number of aromatic nitrogens is 3. The zero-order valence-corrected chi connectivity index (χ0v) is 13.5. The molecule has 126 valence electrons. The van der Waals surface area contributed by atoms with Crippen LogP contribution in [-0.2, 0) is 13.6 Å². The van der Waals surface area contributed by atoms with Gasteiger partial charge in [-0.25, -0.2) is 9.25 Å². The van der Waals surface area contributed by atoms with Crippen molar-refractivity contribution in [2.75, 3.05) is 5.73 Å². The molecule has 3 rings (SSSR count). The number of azo groups is 1. The summed E-state index contributed by atoms with van der Waals surface area (Å²) in [6.07, 6.45) is 5.46. The van der Waals surface area contributed by atoms with Crippen molar-refractivity contribution < 1.29 is 9.49 Å². The van der Waals surface area contributed by atoms with Crippen LogP contribution in [0.2, 0.25) is 0 Å². The molecule has 0 spiro atoms. The number of nitro groups is 1. The van der Waals surface area contributed by atoms with Crippen LogP contribution in [0.1, 0.15) is 5.56 Å². The standard InChI is InChI=1S/C16H16N7O2/c1-21-8-2-3-12(10-21)11-22-16(17)15(9-18-22)20-19-13-4-6-14(7-5-13)23(24)25/h2-10H,11,17H2,1H3/q+1. The molecule has 0 bridgehead atoms. The highest BCUT2D eigenvalue weighted by Crippen LogP contribution is 2.25. The summed E-state index contributed by atoms with van der Waals surface area (Å²) in [6.45, 7) is 0.521. The van der Waals surface area contributed by atoms with E-state index in [1.165, 1.54) is 30.5 Å². The number of aryl methyl sites for hydroxylation is 1. The molecule has 2 N–H and O–H groups in total. The number of nitro benzene ring substituents is 1. The molecule has 0 unspecified atom stereocenters. The Labute approximate surface area is 143 Å². The van der Waals surface area contributed by atoms with Crippen molar-refractivity contribution in [2.45, 2.75) is 6.54 Å². The summed E-state index contributed by atoms with van der Waals surface area (Å²) < 4.78 is 3.59. The summed E-state index contributed by atoms with van der Waals surface area (Å²) in [4.78, 5) is 10.2. The van der Waals surface area contributed by atoms with Gasteiger partial charge in [-0.15, -0.1) is 5.11 Å². The highest BCUT2D eigenvalue weighted by atomic mass is 16.6. The van der Waals surface area contributed by atoms with Crippen LogP contribution in [0.3, 0.4) is 0 Å². The van der Waals surface area contributed by atoms with E-state index in [1.54, 1.807) is 4.68 Å². The van der Waals surface area contributed by atoms with E-state index in [-0.39, 0.29) is 5.69 Å². The lowest BCUT2D eigenvalue weighted by molar-refractivity contribution is -0.671. The molecule has 3 aromatic rings. The summed E-state index contributed by atoms with van der Waals surface area (Å²) in [6, 6.07) is 9.72. The Balaban J connectivity index is 1.75. The number of hydrogen-bond donors (Lipinski definition) is 1. The van der Waals surface area contributed by atoms with Crippen LogP contribution in [0.4, 0.5) is 22.9 Å². The first-order valence-corrected chi connectivity index (χ1v) is 7.44. The fourth-order valence-corrected chi connectivity index (χ4v) is 2.26. The predicted octanol–water partition coefficient (Wildman–Crippen LogP) is 2.66. The highest BCUT2D eigenvalue weighted by Gasteiger charge is 2.09. The second-order valence-electron chi connectivity index (χ2n) is 5.42. The first-order chi connectivity index (χ1) is 12.0. The largest absolute Gasteiger partial charge is 0.382 e. The van der Waals surface area contributed by atoms with Crippen molar-refractivity contribution in [3.05, 3.63) is 70.7 Å². The van der Waals surface area contributed by atoms with Crippen molar-refractivity contribution in [2.24, 2.45) is 17.3 Å². The monoisotopic (exact) mass is 338 g/mol. The molecule has 0 saturated carbocycles. The first-order valence-electron chi connectivity index (χ1n) is 7.44. The van der Waals surface area contributed by atoms with Crippen molar-refractivity contribution in [1.29, 1.82) is 0 Å². The van der Waals surface area contributed by atoms with Gasteiger partial charge in [-0.3, -0.25) is 10.1 Å². The summed E-state index contributed by atoms with van der Waals surface area (Å²) in [5.41, 5.74) is 8.06. The van der Waals surface area contributed by atoms with Crippen LogP contribution >= 0.6 is 0 Å². The van der Waals surface area contributed by atoms with Crippen LogP contribution in [0.25, 0.3) is 0 Å². The Morgan fingerprint density at radius 2 is 2.04 bits per heavy atom. The fourth-order valence-electron chi connectivity index (χ4n) is 2.26. The SMILES string of the molecule is C[n+]1cccc(Cn2ncc(N=Nc3ccc([N+](=O)[O-])cc3)c2N)c1. The predicted molar refractivity (Wildman–Crippen MR) is 90.6 cm³/mol. The minimum absolute atomic E-state index is 0.00214. The number of hydrogen-bond acceptors (Lipinski definition) is 6. The van der Waals surface area contributed by atoms with E-state index in [2.05, 4.69) is 15.3 Å². The van der Waals surface area contributed by atoms with E-state index in [1.807, 2.05) is 36.1 Å². The average molecular weight is 338 g/mol. The Kier molecular flexibility index (Phi) is 4.46. The van der Waals surface area contributed by atoms with Gasteiger partial charge in [0.05, 0.1) is 23.4 Å². The summed E-state index contributed by atoms with van der Waals surface area (Å²) >= 11 is 0. The molecule has 1 aromatic carbocycles. The Bertz CT molecular complexity index is 932. The van der Waals surface area contributed by atoms with Gasteiger partial charge in [0, 0.05) is 23.8 Å². The summed E-state index contributed by atoms with van der Waals surface area (Å²) in [5.74, 6) is 0.400. The average Bonchev–Trinajstić information content (AvgIpc) is 2.93. The van der Waals surface area contributed by atoms with Gasteiger partial charge in [0.25, 0.3) is 5.69 Å². The van der Waals surface area contributed by atoms with Gasteiger partial charge in [-0.1, -0.05) is 0 Å². The van der Waals surface area contributed by atoms with Crippen LogP contribution < -0.4 is 10.3 Å². The van der Waals surface area contributed by atoms with Gasteiger partial charge in [-0.05, 0) is 18.2 Å². The Hall–Kier alpha value is -3.62. The van der Waals surface area contributed by atoms with Crippen LogP contribution in [0.5, 0.6) is 0 Å². The van der Waals surface area contributed by atoms with E-state index >= 15 is 0 Å². The molecular weight excluding hydrogens is 322 g/mol. The number of benzene rings is 1. The van der Waals surface area contributed by atoms with E-state index in [0.29, 0.717) is 23.7 Å². The third kappa shape index (κ3) is 3.83. The molecule has 2 heterocycles. The van der Waals surface area contributed by atoms with Crippen molar-refractivity contribution in [1.82, 2.24) is 9.78 Å². The molecule has 9 heteroatoms. The van der Waals surface area contributed by atoms with E-state index in [9.17, 15) is 10.1 Å². The molecule has 0 aliphatic heterocycles. The number of nitrogens with zero attached hydrogens (tertiary/aromatic N) is 6. The maximum absolute atomic E-state index is 10.6. The molecule has 9 nitrogen and oxygen atoms in total. The van der Waals surface area contributed by atoms with E-state index in [0.717, 1.165) is 5.56 Å². The number of pyridine rings is 1. The number of non-ortho nitro benzene ring substituents is 1. The molecule has 2 aromatic heterocycles. The molecule has 0 aliphatic rings. The number of nitrogen functional groups attached to an aromatic ring is 1. The maximum atomic E-state index is 10.6. The molecule has 0 atom stereocenters. The zero-order chi connectivity index (χ0) is 17.8. The molecule has 0 aliphatic carbocycles. The highest BCUT2D eigenvalue weighted by molar-refractivity contribution is 5.56. The smallest absolute Gasteiger partial charge is 0.269 e. The fraction of sp³-hybridized carbons (Fsp3) is 0.125. The second kappa shape index (κ2) is 6.87. The number of nitrogens with two attached hydrogens (primary N) is 1. The third-order valence-corrected chi connectivity index (χ3v) is 3.53.